The Morgan fingerprint density at radius 1 is 1.14 bits per heavy atom. The van der Waals surface area contributed by atoms with Crippen LogP contribution in [-0.4, -0.2) is 19.5 Å². The summed E-state index contributed by atoms with van der Waals surface area (Å²) in [5, 5.41) is 1.26. The second-order valence-electron chi connectivity index (χ2n) is 7.11. The van der Waals surface area contributed by atoms with E-state index in [0.717, 1.165) is 28.0 Å². The van der Waals surface area contributed by atoms with E-state index in [0.29, 0.717) is 13.0 Å². The quantitative estimate of drug-likeness (QED) is 0.457. The minimum atomic E-state index is -0.370. The molecule has 1 unspecified atom stereocenters. The maximum atomic E-state index is 13.8. The zero-order valence-corrected chi connectivity index (χ0v) is 16.3. The monoisotopic (exact) mass is 404 g/mol. The van der Waals surface area contributed by atoms with E-state index in [9.17, 15) is 4.39 Å². The normalized spacial score (nSPS) is 16.7. The number of benzene rings is 1. The number of aromatic amines is 1. The van der Waals surface area contributed by atoms with Gasteiger partial charge in [0.2, 0.25) is 0 Å². The first kappa shape index (κ1) is 17.9. The Morgan fingerprint density at radius 2 is 2.00 bits per heavy atom. The average Bonchev–Trinajstić information content (AvgIpc) is 3.38. The lowest BCUT2D eigenvalue weighted by Gasteiger charge is -2.18. The molecular formula is C23H18ClFN4. The van der Waals surface area contributed by atoms with Gasteiger partial charge in [0.25, 0.3) is 0 Å². The van der Waals surface area contributed by atoms with Gasteiger partial charge < -0.3 is 9.55 Å². The van der Waals surface area contributed by atoms with Crippen LogP contribution >= 0.6 is 11.6 Å². The second-order valence-corrected chi connectivity index (χ2v) is 7.57. The second kappa shape index (κ2) is 7.33. The molecule has 1 aliphatic rings. The molecule has 29 heavy (non-hydrogen) atoms. The van der Waals surface area contributed by atoms with Crippen LogP contribution in [-0.2, 0) is 6.54 Å². The Bertz CT molecular complexity index is 1240. The van der Waals surface area contributed by atoms with Crippen LogP contribution in [0, 0.1) is 0 Å². The third-order valence-corrected chi connectivity index (χ3v) is 5.60. The molecule has 3 heterocycles. The summed E-state index contributed by atoms with van der Waals surface area (Å²) in [7, 11) is 0. The molecule has 0 saturated carbocycles. The van der Waals surface area contributed by atoms with Crippen LogP contribution < -0.4 is 0 Å². The Labute approximate surface area is 172 Å². The number of allylic oxidation sites excluding steroid dienone is 4. The molecule has 144 valence electrons. The lowest BCUT2D eigenvalue weighted by atomic mass is 9.93. The smallest absolute Gasteiger partial charge is 0.137 e. The molecule has 0 spiro atoms. The number of fused-ring (bicyclic) bond motifs is 1. The highest BCUT2D eigenvalue weighted by molar-refractivity contribution is 6.30. The number of nitrogens with zero attached hydrogens (tertiary/aromatic N) is 3. The van der Waals surface area contributed by atoms with E-state index in [1.54, 1.807) is 6.20 Å². The average molecular weight is 405 g/mol. The molecule has 1 aliphatic carbocycles. The highest BCUT2D eigenvalue weighted by atomic mass is 35.5. The van der Waals surface area contributed by atoms with Gasteiger partial charge in [-0.15, -0.1) is 0 Å². The molecule has 0 radical (unpaired) electrons. The molecule has 0 aliphatic heterocycles. The van der Waals surface area contributed by atoms with Crippen molar-refractivity contribution in [3.63, 3.8) is 0 Å². The number of nitrogens with one attached hydrogen (secondary N) is 1. The zero-order chi connectivity index (χ0) is 19.8. The van der Waals surface area contributed by atoms with Gasteiger partial charge in [0, 0.05) is 35.8 Å². The van der Waals surface area contributed by atoms with Gasteiger partial charge in [-0.3, -0.25) is 0 Å². The predicted octanol–water partition coefficient (Wildman–Crippen LogP) is 5.94. The van der Waals surface area contributed by atoms with E-state index in [1.807, 2.05) is 48.9 Å². The number of hydrogen-bond donors (Lipinski definition) is 1. The van der Waals surface area contributed by atoms with Crippen LogP contribution in [0.15, 0.2) is 84.2 Å². The molecule has 4 aromatic rings. The zero-order valence-electron chi connectivity index (χ0n) is 15.5. The first-order valence-corrected chi connectivity index (χ1v) is 9.82. The Morgan fingerprint density at radius 3 is 2.83 bits per heavy atom. The summed E-state index contributed by atoms with van der Waals surface area (Å²) in [5.74, 6) is -0.457. The van der Waals surface area contributed by atoms with Gasteiger partial charge in [-0.1, -0.05) is 48.0 Å². The third-order valence-electron chi connectivity index (χ3n) is 5.26. The van der Waals surface area contributed by atoms with Gasteiger partial charge in [0.15, 0.2) is 0 Å². The molecule has 0 bridgehead atoms. The van der Waals surface area contributed by atoms with Crippen LogP contribution in [0.3, 0.4) is 0 Å². The number of aromatic nitrogens is 4. The van der Waals surface area contributed by atoms with E-state index in [4.69, 9.17) is 16.6 Å². The van der Waals surface area contributed by atoms with Crippen molar-refractivity contribution in [2.45, 2.75) is 18.9 Å². The van der Waals surface area contributed by atoms with E-state index in [1.165, 1.54) is 11.6 Å². The van der Waals surface area contributed by atoms with Crippen LogP contribution in [0.4, 0.5) is 4.39 Å². The fourth-order valence-corrected chi connectivity index (χ4v) is 4.10. The topological polar surface area (TPSA) is 46.5 Å². The van der Waals surface area contributed by atoms with Crippen LogP contribution in [0.1, 0.15) is 23.6 Å². The van der Waals surface area contributed by atoms with Gasteiger partial charge >= 0.3 is 0 Å². The van der Waals surface area contributed by atoms with Crippen LogP contribution in [0.2, 0.25) is 0 Å². The number of halogens is 2. The van der Waals surface area contributed by atoms with Gasteiger partial charge in [0.05, 0.1) is 22.7 Å². The lowest BCUT2D eigenvalue weighted by Crippen LogP contribution is -2.06. The molecular weight excluding hydrogens is 387 g/mol. The Kier molecular flexibility index (Phi) is 4.52. The number of imidazole rings is 1. The first-order chi connectivity index (χ1) is 14.2. The van der Waals surface area contributed by atoms with Crippen molar-refractivity contribution < 1.29 is 4.39 Å². The fourth-order valence-electron chi connectivity index (χ4n) is 3.87. The molecule has 1 N–H and O–H groups in total. The highest BCUT2D eigenvalue weighted by Crippen LogP contribution is 2.39. The molecule has 6 heteroatoms. The number of H-pyrrole nitrogens is 1. The molecule has 4 nitrogen and oxygen atoms in total. The van der Waals surface area contributed by atoms with Crippen molar-refractivity contribution in [2.24, 2.45) is 0 Å². The maximum Gasteiger partial charge on any atom is 0.137 e. The molecule has 0 fully saturated rings. The Hall–Kier alpha value is -3.18. The van der Waals surface area contributed by atoms with Crippen molar-refractivity contribution in [3.05, 3.63) is 95.5 Å². The van der Waals surface area contributed by atoms with Gasteiger partial charge in [-0.05, 0) is 30.2 Å². The molecule has 5 rings (SSSR count). The molecule has 3 aromatic heterocycles. The number of pyridine rings is 1. The summed E-state index contributed by atoms with van der Waals surface area (Å²) in [4.78, 5) is 12.3. The molecule has 0 saturated heterocycles. The van der Waals surface area contributed by atoms with Crippen LogP contribution in [0.5, 0.6) is 0 Å². The van der Waals surface area contributed by atoms with Crippen LogP contribution in [0.25, 0.3) is 22.3 Å². The van der Waals surface area contributed by atoms with E-state index >= 15 is 0 Å². The molecule has 1 aromatic carbocycles. The van der Waals surface area contributed by atoms with Crippen molar-refractivity contribution in [1.29, 1.82) is 0 Å². The highest BCUT2D eigenvalue weighted by Gasteiger charge is 2.25. The van der Waals surface area contributed by atoms with Crippen molar-refractivity contribution in [1.82, 2.24) is 19.5 Å². The summed E-state index contributed by atoms with van der Waals surface area (Å²) in [6.45, 7) is 0.686. The number of rotatable bonds is 4. The maximum absolute atomic E-state index is 13.8. The van der Waals surface area contributed by atoms with Gasteiger partial charge in [-0.25, -0.2) is 14.4 Å². The fraction of sp³-hybridized carbons (Fsp3) is 0.130. The van der Waals surface area contributed by atoms with E-state index in [-0.39, 0.29) is 16.8 Å². The summed E-state index contributed by atoms with van der Waals surface area (Å²) >= 11 is 6.13. The summed E-state index contributed by atoms with van der Waals surface area (Å²) in [6, 6.07) is 14.3. The molecule has 0 amide bonds. The summed E-state index contributed by atoms with van der Waals surface area (Å²) in [6.07, 6.45) is 9.22. The van der Waals surface area contributed by atoms with Crippen molar-refractivity contribution in [3.8, 4) is 11.3 Å². The van der Waals surface area contributed by atoms with Crippen molar-refractivity contribution >= 4 is 22.6 Å². The molecule has 1 atom stereocenters. The van der Waals surface area contributed by atoms with E-state index < -0.39 is 0 Å². The van der Waals surface area contributed by atoms with E-state index in [2.05, 4.69) is 26.7 Å². The minimum Gasteiger partial charge on any atom is -0.346 e. The van der Waals surface area contributed by atoms with Gasteiger partial charge in [0.1, 0.15) is 11.5 Å². The predicted molar refractivity (Wildman–Crippen MR) is 113 cm³/mol. The largest absolute Gasteiger partial charge is 0.346 e. The first-order valence-electron chi connectivity index (χ1n) is 9.44. The van der Waals surface area contributed by atoms with Gasteiger partial charge in [-0.2, -0.15) is 0 Å². The minimum absolute atomic E-state index is 0.0869. The summed E-state index contributed by atoms with van der Waals surface area (Å²) < 4.78 is 15.9. The third kappa shape index (κ3) is 3.28. The Balaban J connectivity index is 1.66. The lowest BCUT2D eigenvalue weighted by molar-refractivity contribution is 0.635. The summed E-state index contributed by atoms with van der Waals surface area (Å²) in [5.41, 5.74) is 4.93. The number of hydrogen-bond acceptors (Lipinski definition) is 2. The standard InChI is InChI=1S/C23H18ClFN4/c24-19-12-16(6-7-20(19)25)21-22(17-8-10-26-23-18(17)9-11-27-23)29(14-28-21)13-15-4-2-1-3-5-15/h1-11,14,16H,12-13H2,(H,26,27). The van der Waals surface area contributed by atoms with Crippen molar-refractivity contribution in [2.75, 3.05) is 0 Å². The SMILES string of the molecule is FC1=C(Cl)CC(c2ncn(Cc3ccccc3)c2-c2ccnc3[nH]ccc23)C=C1.